The average Bonchev–Trinajstić information content (AvgIpc) is 2.47. The topological polar surface area (TPSA) is 41.5 Å². The van der Waals surface area contributed by atoms with Crippen LogP contribution in [0.3, 0.4) is 0 Å². The Morgan fingerprint density at radius 3 is 2.67 bits per heavy atom. The Bertz CT molecular complexity index is 648. The molecule has 0 spiro atoms. The Balaban J connectivity index is 2.19. The maximum atomic E-state index is 9.99. The predicted molar refractivity (Wildman–Crippen MR) is 87.6 cm³/mol. The largest absolute Gasteiger partial charge is 0.506 e. The van der Waals surface area contributed by atoms with Crippen LogP contribution in [0.4, 0.5) is 5.69 Å². The van der Waals surface area contributed by atoms with Crippen LogP contribution in [0.1, 0.15) is 30.0 Å². The number of aromatic hydroxyl groups is 1. The molecular weight excluding hydrogens is 262 g/mol. The number of benzene rings is 2. The minimum atomic E-state index is 0.164. The van der Waals surface area contributed by atoms with Crippen molar-refractivity contribution in [1.29, 1.82) is 0 Å². The molecule has 0 aliphatic rings. The summed E-state index contributed by atoms with van der Waals surface area (Å²) in [5.74, 6) is 0.879. The Morgan fingerprint density at radius 2 is 1.95 bits per heavy atom. The molecule has 0 fully saturated rings. The molecule has 2 rings (SSSR count). The summed E-state index contributed by atoms with van der Waals surface area (Å²) < 4.78 is 0. The highest BCUT2D eigenvalue weighted by Crippen LogP contribution is 2.29. The first-order chi connectivity index (χ1) is 10.1. The lowest BCUT2D eigenvalue weighted by atomic mass is 10.1. The number of rotatable bonds is 5. The first kappa shape index (κ1) is 15.0. The van der Waals surface area contributed by atoms with Crippen molar-refractivity contribution in [3.63, 3.8) is 0 Å². The summed E-state index contributed by atoms with van der Waals surface area (Å²) in [5, 5.41) is 9.99. The summed E-state index contributed by atoms with van der Waals surface area (Å²) in [7, 11) is 0. The molecule has 110 valence electrons. The molecule has 0 radical (unpaired) electrons. The monoisotopic (exact) mass is 283 g/mol. The fraction of sp³-hybridized carbons (Fsp3) is 0.222. The zero-order valence-corrected chi connectivity index (χ0v) is 12.7. The molecule has 0 aromatic heterocycles. The fourth-order valence-electron chi connectivity index (χ4n) is 1.94. The summed E-state index contributed by atoms with van der Waals surface area (Å²) >= 11 is 0. The van der Waals surface area contributed by atoms with Crippen LogP contribution < -0.4 is 10.3 Å². The van der Waals surface area contributed by atoms with Gasteiger partial charge in [-0.25, -0.2) is 5.48 Å². The minimum Gasteiger partial charge on any atom is -0.506 e. The molecule has 2 aromatic rings. The van der Waals surface area contributed by atoms with E-state index in [2.05, 4.69) is 19.3 Å². The van der Waals surface area contributed by atoms with Crippen LogP contribution >= 0.6 is 0 Å². The molecule has 21 heavy (non-hydrogen) atoms. The van der Waals surface area contributed by atoms with E-state index in [9.17, 15) is 5.11 Å². The first-order valence-corrected chi connectivity index (χ1v) is 7.10. The highest BCUT2D eigenvalue weighted by atomic mass is 16.6. The molecule has 0 atom stereocenters. The van der Waals surface area contributed by atoms with Crippen LogP contribution in [-0.4, -0.2) is 5.11 Å². The highest BCUT2D eigenvalue weighted by Gasteiger charge is 2.06. The smallest absolute Gasteiger partial charge is 0.155 e. The number of phenols is 1. The SMILES string of the molecule is CC/C=C\c1cccc(O)c1NOc1ccc(C)c(C)c1. The summed E-state index contributed by atoms with van der Waals surface area (Å²) in [6.07, 6.45) is 4.94. The van der Waals surface area contributed by atoms with Crippen molar-refractivity contribution >= 4 is 11.8 Å². The van der Waals surface area contributed by atoms with Gasteiger partial charge in [0.05, 0.1) is 0 Å². The number of hydrogen-bond donors (Lipinski definition) is 2. The van der Waals surface area contributed by atoms with E-state index >= 15 is 0 Å². The molecule has 0 saturated carbocycles. The molecule has 3 heteroatoms. The number of phenolic OH excluding ortho intramolecular Hbond substituents is 1. The molecule has 2 aromatic carbocycles. The van der Waals surface area contributed by atoms with Crippen molar-refractivity contribution in [2.24, 2.45) is 0 Å². The molecule has 0 unspecified atom stereocenters. The van der Waals surface area contributed by atoms with Gasteiger partial charge < -0.3 is 9.94 Å². The van der Waals surface area contributed by atoms with Crippen LogP contribution in [0.25, 0.3) is 6.08 Å². The van der Waals surface area contributed by atoms with Gasteiger partial charge in [0.15, 0.2) is 5.75 Å². The normalized spacial score (nSPS) is 10.8. The second kappa shape index (κ2) is 6.84. The van der Waals surface area contributed by atoms with Crippen molar-refractivity contribution in [3.05, 3.63) is 59.2 Å². The molecule has 0 aliphatic heterocycles. The number of allylic oxidation sites excluding steroid dienone is 1. The molecule has 0 bridgehead atoms. The number of para-hydroxylation sites is 1. The maximum absolute atomic E-state index is 9.99. The Labute approximate surface area is 125 Å². The lowest BCUT2D eigenvalue weighted by Crippen LogP contribution is -2.06. The third kappa shape index (κ3) is 3.78. The van der Waals surface area contributed by atoms with Gasteiger partial charge >= 0.3 is 0 Å². The van der Waals surface area contributed by atoms with E-state index < -0.39 is 0 Å². The number of aryl methyl sites for hydroxylation is 2. The zero-order chi connectivity index (χ0) is 15.2. The average molecular weight is 283 g/mol. The Kier molecular flexibility index (Phi) is 4.88. The third-order valence-corrected chi connectivity index (χ3v) is 3.36. The molecule has 0 heterocycles. The maximum Gasteiger partial charge on any atom is 0.155 e. The van der Waals surface area contributed by atoms with E-state index in [-0.39, 0.29) is 5.75 Å². The molecule has 2 N–H and O–H groups in total. The van der Waals surface area contributed by atoms with E-state index in [0.29, 0.717) is 11.4 Å². The number of hydrogen-bond acceptors (Lipinski definition) is 3. The summed E-state index contributed by atoms with van der Waals surface area (Å²) in [5.41, 5.74) is 6.70. The molecule has 0 amide bonds. The fourth-order valence-corrected chi connectivity index (χ4v) is 1.94. The van der Waals surface area contributed by atoms with Crippen LogP contribution in [0.5, 0.6) is 11.5 Å². The van der Waals surface area contributed by atoms with Gasteiger partial charge in [0.1, 0.15) is 11.4 Å². The van der Waals surface area contributed by atoms with Gasteiger partial charge in [-0.3, -0.25) is 0 Å². The minimum absolute atomic E-state index is 0.164. The third-order valence-electron chi connectivity index (χ3n) is 3.36. The predicted octanol–water partition coefficient (Wildman–Crippen LogP) is 4.84. The summed E-state index contributed by atoms with van der Waals surface area (Å²) in [6, 6.07) is 11.2. The van der Waals surface area contributed by atoms with Gasteiger partial charge in [-0.2, -0.15) is 0 Å². The van der Waals surface area contributed by atoms with Crippen LogP contribution in [0, 0.1) is 13.8 Å². The van der Waals surface area contributed by atoms with Crippen molar-refractivity contribution in [2.75, 3.05) is 5.48 Å². The van der Waals surface area contributed by atoms with Gasteiger partial charge in [0, 0.05) is 5.56 Å². The lowest BCUT2D eigenvalue weighted by Gasteiger charge is -2.13. The van der Waals surface area contributed by atoms with Gasteiger partial charge in [0.2, 0.25) is 0 Å². The van der Waals surface area contributed by atoms with Crippen molar-refractivity contribution < 1.29 is 9.94 Å². The van der Waals surface area contributed by atoms with E-state index in [1.807, 2.05) is 49.4 Å². The highest BCUT2D eigenvalue weighted by molar-refractivity contribution is 5.71. The Morgan fingerprint density at radius 1 is 1.14 bits per heavy atom. The summed E-state index contributed by atoms with van der Waals surface area (Å²) in [6.45, 7) is 6.17. The Hall–Kier alpha value is -2.42. The standard InChI is InChI=1S/C18H21NO2/c1-4-5-7-15-8-6-9-17(20)18(15)19-21-16-11-10-13(2)14(3)12-16/h5-12,19-20H,4H2,1-3H3/b7-5-. The second-order valence-corrected chi connectivity index (χ2v) is 5.00. The van der Waals surface area contributed by atoms with Crippen molar-refractivity contribution in [3.8, 4) is 11.5 Å². The van der Waals surface area contributed by atoms with E-state index in [1.165, 1.54) is 5.56 Å². The van der Waals surface area contributed by atoms with Crippen molar-refractivity contribution in [1.82, 2.24) is 0 Å². The number of anilines is 1. The lowest BCUT2D eigenvalue weighted by molar-refractivity contribution is 0.396. The molecular formula is C18H21NO2. The van der Waals surface area contributed by atoms with Crippen molar-refractivity contribution in [2.45, 2.75) is 27.2 Å². The van der Waals surface area contributed by atoms with Crippen LogP contribution in [0.2, 0.25) is 0 Å². The van der Waals surface area contributed by atoms with Gasteiger partial charge in [0.25, 0.3) is 0 Å². The van der Waals surface area contributed by atoms with Gasteiger partial charge in [-0.05, 0) is 49.6 Å². The first-order valence-electron chi connectivity index (χ1n) is 7.10. The van der Waals surface area contributed by atoms with E-state index in [1.54, 1.807) is 6.07 Å². The quantitative estimate of drug-likeness (QED) is 0.609. The van der Waals surface area contributed by atoms with E-state index in [0.717, 1.165) is 17.5 Å². The number of nitrogens with one attached hydrogen (secondary N) is 1. The van der Waals surface area contributed by atoms with Crippen LogP contribution in [0.15, 0.2) is 42.5 Å². The molecule has 3 nitrogen and oxygen atoms in total. The summed E-state index contributed by atoms with van der Waals surface area (Å²) in [4.78, 5) is 5.59. The zero-order valence-electron chi connectivity index (χ0n) is 12.7. The van der Waals surface area contributed by atoms with Crippen LogP contribution in [-0.2, 0) is 0 Å². The van der Waals surface area contributed by atoms with Gasteiger partial charge in [-0.1, -0.05) is 37.3 Å². The molecule has 0 aliphatic carbocycles. The van der Waals surface area contributed by atoms with E-state index in [4.69, 9.17) is 4.84 Å². The molecule has 0 saturated heterocycles. The van der Waals surface area contributed by atoms with Gasteiger partial charge in [-0.15, -0.1) is 0 Å². The second-order valence-electron chi connectivity index (χ2n) is 5.00.